The Morgan fingerprint density at radius 3 is 1.76 bits per heavy atom. The SMILES string of the molecule is Nc1nc2c(ncn2[C@@H]2O[C@@H]3COP(=O)(O)OC4[C@@H](COP(=O)(O)O[C@@H]3C2NC(=O)CCOCCOCCOCCOCCCC(=O)CCN2C(=O)C=CC2=O)O[C@@H](n2cnc3c(=O)[nH]c(N)nc32)[C@H]4O)c(=O)[nH]1. The van der Waals surface area contributed by atoms with E-state index < -0.39 is 107 Å². The number of hydrogen-bond donors (Lipinski definition) is 8. The van der Waals surface area contributed by atoms with Crippen molar-refractivity contribution in [3.05, 3.63) is 45.5 Å². The molecule has 404 valence electrons. The number of imide groups is 1. The molecule has 4 aromatic heterocycles. The molecule has 35 heteroatoms. The van der Waals surface area contributed by atoms with Crippen molar-refractivity contribution in [1.29, 1.82) is 0 Å². The van der Waals surface area contributed by atoms with Crippen LogP contribution in [0, 0.1) is 0 Å². The van der Waals surface area contributed by atoms with Crippen LogP contribution in [0.5, 0.6) is 0 Å². The van der Waals surface area contributed by atoms with Gasteiger partial charge in [-0.05, 0) is 6.42 Å². The molecule has 74 heavy (non-hydrogen) atoms. The topological polar surface area (TPSA) is 450 Å². The van der Waals surface area contributed by atoms with Gasteiger partial charge in [0.05, 0.1) is 72.1 Å². The monoisotopic (exact) mass is 1090 g/mol. The van der Waals surface area contributed by atoms with Gasteiger partial charge in [0.25, 0.3) is 22.9 Å². The Morgan fingerprint density at radius 1 is 0.703 bits per heavy atom. The summed E-state index contributed by atoms with van der Waals surface area (Å²) in [7, 11) is -10.5. The highest BCUT2D eigenvalue weighted by atomic mass is 31.2. The molecule has 0 aromatic carbocycles. The van der Waals surface area contributed by atoms with Crippen LogP contribution < -0.4 is 27.9 Å². The van der Waals surface area contributed by atoms with Crippen LogP contribution in [0.2, 0.25) is 0 Å². The molecule has 8 rings (SSSR count). The molecule has 10 atom stereocenters. The first-order chi connectivity index (χ1) is 35.4. The standard InChI is InChI=1S/C39H52N12O21P2/c40-38-45-32-27(34(57)47-38)42-18-50(32)36-26(44-23(53)6-9-64-11-13-66-15-14-65-12-10-63-8-1-2-20(52)5-7-49-24(54)3-4-25(49)55)30-21(69-36)16-67-74(61,62)72-31-22(17-68-73(59,60)71-30)70-37(29(31)56)51-19-43-28-33(51)46-39(41)48-35(28)58/h3-4,18-19,21-22,26,29-31,36-37,56H,1-2,5-17H2,(H,44,53)(H,59,60)(H,61,62)(H3,40,45,47,57)(H3,41,46,48,58)/t21-,22-,26?,29+,30+,31?,36-,37-/m1/s1. The van der Waals surface area contributed by atoms with Gasteiger partial charge in [0.1, 0.15) is 42.3 Å². The van der Waals surface area contributed by atoms with Crippen molar-refractivity contribution >= 4 is 73.4 Å². The van der Waals surface area contributed by atoms with E-state index >= 15 is 0 Å². The molecule has 0 bridgehead atoms. The second-order valence-corrected chi connectivity index (χ2v) is 19.5. The number of phosphoric ester groups is 2. The first-order valence-electron chi connectivity index (χ1n) is 22.8. The molecular formula is C39H52N12O21P2. The average Bonchev–Trinajstić information content (AvgIpc) is 4.16. The first-order valence-corrected chi connectivity index (χ1v) is 25.8. The van der Waals surface area contributed by atoms with E-state index in [-0.39, 0.29) is 112 Å². The third kappa shape index (κ3) is 13.2. The second kappa shape index (κ2) is 23.9. The number of rotatable bonds is 22. The number of ketones is 1. The summed E-state index contributed by atoms with van der Waals surface area (Å²) in [6.07, 6.45) is -6.58. The Labute approximate surface area is 415 Å². The molecule has 0 spiro atoms. The van der Waals surface area contributed by atoms with Gasteiger partial charge < -0.3 is 60.1 Å². The zero-order valence-electron chi connectivity index (χ0n) is 38.9. The van der Waals surface area contributed by atoms with Crippen molar-refractivity contribution in [2.75, 3.05) is 84.1 Å². The maximum Gasteiger partial charge on any atom is 0.472 e. The number of hydrogen-bond acceptors (Lipinski definition) is 25. The highest BCUT2D eigenvalue weighted by molar-refractivity contribution is 7.47. The predicted octanol–water partition coefficient (Wildman–Crippen LogP) is -2.80. The number of amides is 3. The molecule has 0 aliphatic carbocycles. The number of ether oxygens (including phenoxy) is 6. The number of anilines is 2. The van der Waals surface area contributed by atoms with Gasteiger partial charge in [0.2, 0.25) is 17.8 Å². The van der Waals surface area contributed by atoms with E-state index in [1.807, 2.05) is 0 Å². The van der Waals surface area contributed by atoms with Crippen LogP contribution in [-0.4, -0.2) is 192 Å². The number of aromatic nitrogens is 8. The summed E-state index contributed by atoms with van der Waals surface area (Å²) in [6.45, 7) is -0.415. The third-order valence-corrected chi connectivity index (χ3v) is 13.6. The lowest BCUT2D eigenvalue weighted by Gasteiger charge is -2.29. The Morgan fingerprint density at radius 2 is 1.19 bits per heavy atom. The number of nitrogens with one attached hydrogen (secondary N) is 3. The fourth-order valence-corrected chi connectivity index (χ4v) is 10.1. The number of nitrogen functional groups attached to an aromatic ring is 2. The predicted molar refractivity (Wildman–Crippen MR) is 245 cm³/mol. The maximum atomic E-state index is 13.8. The van der Waals surface area contributed by atoms with Crippen molar-refractivity contribution in [3.63, 3.8) is 0 Å². The van der Waals surface area contributed by atoms with Gasteiger partial charge in [-0.15, -0.1) is 0 Å². The smallest absolute Gasteiger partial charge is 0.386 e. The zero-order valence-corrected chi connectivity index (χ0v) is 40.7. The van der Waals surface area contributed by atoms with Gasteiger partial charge in [-0.1, -0.05) is 0 Å². The summed E-state index contributed by atoms with van der Waals surface area (Å²) in [5, 5.41) is 14.0. The molecule has 3 amide bonds. The van der Waals surface area contributed by atoms with Crippen LogP contribution in [0.4, 0.5) is 11.9 Å². The van der Waals surface area contributed by atoms with Gasteiger partial charge in [-0.25, -0.2) is 19.1 Å². The normalized spacial score (nSPS) is 28.4. The quantitative estimate of drug-likeness (QED) is 0.0224. The minimum absolute atomic E-state index is 0.0466. The van der Waals surface area contributed by atoms with E-state index in [1.54, 1.807) is 0 Å². The van der Waals surface area contributed by atoms with Gasteiger partial charge >= 0.3 is 15.6 Å². The number of carbonyl (C=O) groups excluding carboxylic acids is 4. The number of aliphatic hydroxyl groups excluding tert-OH is 1. The molecular weight excluding hydrogens is 1030 g/mol. The highest BCUT2D eigenvalue weighted by Gasteiger charge is 2.54. The fourth-order valence-electron chi connectivity index (χ4n) is 8.14. The van der Waals surface area contributed by atoms with Crippen LogP contribution in [-0.2, 0) is 74.8 Å². The van der Waals surface area contributed by atoms with Crippen LogP contribution in [0.3, 0.4) is 0 Å². The Bertz CT molecular complexity index is 2930. The Balaban J connectivity index is 0.827. The molecule has 4 aliphatic rings. The molecule has 4 unspecified atom stereocenters. The third-order valence-electron chi connectivity index (χ3n) is 11.6. The summed E-state index contributed by atoms with van der Waals surface area (Å²) >= 11 is 0. The number of nitrogens with two attached hydrogens (primary N) is 2. The average molecular weight is 1090 g/mol. The summed E-state index contributed by atoms with van der Waals surface area (Å²) in [6, 6.07) is -1.49. The number of aromatic amines is 2. The summed E-state index contributed by atoms with van der Waals surface area (Å²) < 4.78 is 85.3. The Hall–Kier alpha value is -5.74. The molecule has 8 heterocycles. The maximum absolute atomic E-state index is 13.8. The molecule has 33 nitrogen and oxygen atoms in total. The minimum Gasteiger partial charge on any atom is -0.386 e. The lowest BCUT2D eigenvalue weighted by Crippen LogP contribution is -2.48. The van der Waals surface area contributed by atoms with Crippen LogP contribution >= 0.6 is 15.6 Å². The van der Waals surface area contributed by atoms with E-state index in [1.165, 1.54) is 16.7 Å². The number of imidazole rings is 2. The first kappa shape index (κ1) is 54.5. The summed E-state index contributed by atoms with van der Waals surface area (Å²) in [5.74, 6) is -2.28. The molecule has 3 saturated heterocycles. The largest absolute Gasteiger partial charge is 0.472 e. The number of nitrogens with zero attached hydrogens (tertiary/aromatic N) is 7. The Kier molecular flexibility index (Phi) is 17.6. The summed E-state index contributed by atoms with van der Waals surface area (Å²) in [5.41, 5.74) is 9.34. The molecule has 4 aliphatic heterocycles. The second-order valence-electron chi connectivity index (χ2n) is 16.7. The number of fused-ring (bicyclic) bond motifs is 4. The molecule has 4 aromatic rings. The van der Waals surface area contributed by atoms with E-state index in [9.17, 15) is 52.8 Å². The van der Waals surface area contributed by atoms with Crippen LogP contribution in [0.15, 0.2) is 34.4 Å². The number of H-pyrrole nitrogens is 2. The zero-order chi connectivity index (χ0) is 52.7. The van der Waals surface area contributed by atoms with Gasteiger partial charge in [-0.2, -0.15) is 9.97 Å². The van der Waals surface area contributed by atoms with Crippen molar-refractivity contribution in [2.24, 2.45) is 0 Å². The van der Waals surface area contributed by atoms with Crippen molar-refractivity contribution in [1.82, 2.24) is 49.3 Å². The lowest BCUT2D eigenvalue weighted by molar-refractivity contribution is -0.137. The number of Topliss-reactive ketones (excluding diaryl/α,β-unsaturated/α-hetero) is 1. The molecule has 10 N–H and O–H groups in total. The van der Waals surface area contributed by atoms with Crippen molar-refractivity contribution in [3.8, 4) is 0 Å². The molecule has 3 fully saturated rings. The number of aliphatic hydroxyl groups is 1. The van der Waals surface area contributed by atoms with Gasteiger partial charge in [0, 0.05) is 44.6 Å². The fraction of sp³-hybridized carbons (Fsp3) is 0.590. The summed E-state index contributed by atoms with van der Waals surface area (Å²) in [4.78, 5) is 118. The van der Waals surface area contributed by atoms with Crippen LogP contribution in [0.25, 0.3) is 22.3 Å². The number of carbonyl (C=O) groups is 4. The minimum atomic E-state index is -5.28. The van der Waals surface area contributed by atoms with E-state index in [4.69, 9.17) is 58.0 Å². The van der Waals surface area contributed by atoms with Gasteiger partial charge in [-0.3, -0.25) is 70.9 Å². The number of phosphoric acid groups is 2. The molecule has 0 radical (unpaired) electrons. The highest BCUT2D eigenvalue weighted by Crippen LogP contribution is 2.53. The van der Waals surface area contributed by atoms with E-state index in [0.717, 1.165) is 22.1 Å². The molecule has 0 saturated carbocycles. The van der Waals surface area contributed by atoms with Crippen LogP contribution in [0.1, 0.15) is 38.1 Å². The van der Waals surface area contributed by atoms with E-state index in [0.29, 0.717) is 13.0 Å². The van der Waals surface area contributed by atoms with E-state index in [2.05, 4.69) is 35.2 Å². The lowest BCUT2D eigenvalue weighted by atomic mass is 10.1. The van der Waals surface area contributed by atoms with Crippen molar-refractivity contribution in [2.45, 2.75) is 74.7 Å². The van der Waals surface area contributed by atoms with Crippen molar-refractivity contribution < 1.29 is 89.7 Å². The van der Waals surface area contributed by atoms with Gasteiger partial charge in [0.15, 0.2) is 34.8 Å².